The molecule has 3 aromatic carbocycles. The minimum atomic E-state index is -0.330. The molecule has 1 heterocycles. The van der Waals surface area contributed by atoms with Gasteiger partial charge in [0, 0.05) is 5.56 Å². The lowest BCUT2D eigenvalue weighted by Gasteiger charge is -2.12. The Bertz CT molecular complexity index is 1110. The Labute approximate surface area is 167 Å². The van der Waals surface area contributed by atoms with Crippen LogP contribution in [0, 0.1) is 0 Å². The highest BCUT2D eigenvalue weighted by atomic mass is 32.2. The van der Waals surface area contributed by atoms with Gasteiger partial charge < -0.3 is 4.74 Å². The predicted octanol–water partition coefficient (Wildman–Crippen LogP) is 5.65. The molecule has 1 saturated heterocycles. The number of anilines is 1. The molecule has 0 radical (unpaired) electrons. The van der Waals surface area contributed by atoms with Gasteiger partial charge in [-0.15, -0.1) is 0 Å². The van der Waals surface area contributed by atoms with E-state index in [1.807, 2.05) is 42.5 Å². The molecule has 4 nitrogen and oxygen atoms in total. The van der Waals surface area contributed by atoms with Crippen molar-refractivity contribution >= 4 is 45.4 Å². The van der Waals surface area contributed by atoms with Gasteiger partial charge >= 0.3 is 0 Å². The number of nitrogens with zero attached hydrogens (tertiary/aromatic N) is 1. The van der Waals surface area contributed by atoms with Crippen LogP contribution >= 0.6 is 11.8 Å². The van der Waals surface area contributed by atoms with Crippen molar-refractivity contribution in [1.82, 2.24) is 0 Å². The highest BCUT2D eigenvalue weighted by molar-refractivity contribution is 8.19. The molecule has 2 amide bonds. The Kier molecular flexibility index (Phi) is 5.00. The topological polar surface area (TPSA) is 46.6 Å². The van der Waals surface area contributed by atoms with Crippen LogP contribution in [0.2, 0.25) is 0 Å². The number of thioether (sulfide) groups is 1. The first kappa shape index (κ1) is 18.1. The maximum Gasteiger partial charge on any atom is 0.298 e. The van der Waals surface area contributed by atoms with Crippen LogP contribution in [0.3, 0.4) is 0 Å². The molecule has 0 bridgehead atoms. The van der Waals surface area contributed by atoms with Crippen LogP contribution < -0.4 is 9.64 Å². The van der Waals surface area contributed by atoms with Crippen molar-refractivity contribution in [3.8, 4) is 5.75 Å². The third-order valence-electron chi connectivity index (χ3n) is 4.37. The first-order valence-electron chi connectivity index (χ1n) is 8.77. The molecule has 0 atom stereocenters. The number of hydrogen-bond donors (Lipinski definition) is 0. The SMILES string of the molecule is C=CCOc1ccc2ccccc2c1/C=C1/SC(=O)N(c2ccccc2)C1=O. The Morgan fingerprint density at radius 2 is 1.71 bits per heavy atom. The van der Waals surface area contributed by atoms with E-state index >= 15 is 0 Å². The molecule has 0 saturated carbocycles. The third-order valence-corrected chi connectivity index (χ3v) is 5.24. The average Bonchev–Trinajstić information content (AvgIpc) is 3.01. The fourth-order valence-corrected chi connectivity index (χ4v) is 3.92. The van der Waals surface area contributed by atoms with Crippen molar-refractivity contribution in [2.45, 2.75) is 0 Å². The molecule has 5 heteroatoms. The van der Waals surface area contributed by atoms with Gasteiger partial charge in [0.05, 0.1) is 10.6 Å². The highest BCUT2D eigenvalue weighted by Gasteiger charge is 2.36. The molecular weight excluding hydrogens is 370 g/mol. The standard InChI is InChI=1S/C23H17NO3S/c1-2-14-27-20-13-12-16-8-6-7-11-18(16)19(20)15-21-22(25)24(23(26)28-21)17-9-4-3-5-10-17/h2-13,15H,1,14H2/b21-15+. The molecule has 0 spiro atoms. The van der Waals surface area contributed by atoms with Crippen molar-refractivity contribution in [3.63, 3.8) is 0 Å². The number of amides is 2. The first-order valence-corrected chi connectivity index (χ1v) is 9.59. The quantitative estimate of drug-likeness (QED) is 0.419. The number of imide groups is 1. The van der Waals surface area contributed by atoms with Gasteiger partial charge in [0.15, 0.2) is 0 Å². The van der Waals surface area contributed by atoms with Crippen molar-refractivity contribution in [1.29, 1.82) is 0 Å². The van der Waals surface area contributed by atoms with Crippen LogP contribution in [0.25, 0.3) is 16.8 Å². The largest absolute Gasteiger partial charge is 0.489 e. The Morgan fingerprint density at radius 1 is 0.964 bits per heavy atom. The van der Waals surface area contributed by atoms with E-state index in [4.69, 9.17) is 4.74 Å². The number of carbonyl (C=O) groups is 2. The number of benzene rings is 3. The Hall–Kier alpha value is -3.31. The van der Waals surface area contributed by atoms with Gasteiger partial charge in [-0.1, -0.05) is 61.2 Å². The summed E-state index contributed by atoms with van der Waals surface area (Å²) < 4.78 is 5.80. The molecule has 1 aliphatic heterocycles. The lowest BCUT2D eigenvalue weighted by atomic mass is 10.0. The molecule has 4 rings (SSSR count). The van der Waals surface area contributed by atoms with E-state index in [-0.39, 0.29) is 11.1 Å². The van der Waals surface area contributed by atoms with E-state index in [0.717, 1.165) is 28.1 Å². The zero-order valence-corrected chi connectivity index (χ0v) is 15.8. The van der Waals surface area contributed by atoms with Crippen LogP contribution in [0.5, 0.6) is 5.75 Å². The van der Waals surface area contributed by atoms with Gasteiger partial charge in [0.25, 0.3) is 11.1 Å². The number of para-hydroxylation sites is 1. The summed E-state index contributed by atoms with van der Waals surface area (Å²) in [7, 11) is 0. The second-order valence-electron chi connectivity index (χ2n) is 6.15. The van der Waals surface area contributed by atoms with Crippen LogP contribution in [-0.4, -0.2) is 17.8 Å². The molecule has 0 unspecified atom stereocenters. The number of rotatable bonds is 5. The van der Waals surface area contributed by atoms with Crippen LogP contribution in [0.1, 0.15) is 5.56 Å². The van der Waals surface area contributed by atoms with Crippen molar-refractivity contribution in [3.05, 3.63) is 89.9 Å². The molecule has 1 fully saturated rings. The Morgan fingerprint density at radius 3 is 2.50 bits per heavy atom. The molecule has 3 aromatic rings. The van der Waals surface area contributed by atoms with Gasteiger partial charge in [0.1, 0.15) is 12.4 Å². The third kappa shape index (κ3) is 3.32. The minimum Gasteiger partial charge on any atom is -0.489 e. The normalized spacial score (nSPS) is 15.4. The van der Waals surface area contributed by atoms with Gasteiger partial charge in [-0.25, -0.2) is 4.90 Å². The number of ether oxygens (including phenoxy) is 1. The zero-order chi connectivity index (χ0) is 19.5. The number of hydrogen-bond acceptors (Lipinski definition) is 4. The smallest absolute Gasteiger partial charge is 0.298 e. The molecule has 0 aliphatic carbocycles. The number of carbonyl (C=O) groups excluding carboxylic acids is 2. The van der Waals surface area contributed by atoms with Gasteiger partial charge in [0.2, 0.25) is 0 Å². The maximum absolute atomic E-state index is 12.9. The number of fused-ring (bicyclic) bond motifs is 1. The summed E-state index contributed by atoms with van der Waals surface area (Å²) in [5.41, 5.74) is 1.34. The monoisotopic (exact) mass is 387 g/mol. The van der Waals surface area contributed by atoms with E-state index in [1.54, 1.807) is 36.4 Å². The van der Waals surface area contributed by atoms with Crippen LogP contribution in [0.4, 0.5) is 10.5 Å². The summed E-state index contributed by atoms with van der Waals surface area (Å²) >= 11 is 0.935. The Balaban J connectivity index is 1.80. The second-order valence-corrected chi connectivity index (χ2v) is 7.14. The highest BCUT2D eigenvalue weighted by Crippen LogP contribution is 2.38. The summed E-state index contributed by atoms with van der Waals surface area (Å²) in [5, 5.41) is 1.67. The molecule has 0 aromatic heterocycles. The summed E-state index contributed by atoms with van der Waals surface area (Å²) in [6.45, 7) is 4.04. The van der Waals surface area contributed by atoms with Crippen molar-refractivity contribution in [2.24, 2.45) is 0 Å². The van der Waals surface area contributed by atoms with Crippen LogP contribution in [-0.2, 0) is 4.79 Å². The molecule has 28 heavy (non-hydrogen) atoms. The van der Waals surface area contributed by atoms with E-state index < -0.39 is 0 Å². The lowest BCUT2D eigenvalue weighted by molar-refractivity contribution is -0.113. The van der Waals surface area contributed by atoms with Crippen molar-refractivity contribution < 1.29 is 14.3 Å². The second kappa shape index (κ2) is 7.74. The summed E-state index contributed by atoms with van der Waals surface area (Å²) in [6, 6.07) is 20.7. The maximum atomic E-state index is 12.9. The molecule has 1 aliphatic rings. The van der Waals surface area contributed by atoms with E-state index in [9.17, 15) is 9.59 Å². The van der Waals surface area contributed by atoms with Gasteiger partial charge in [-0.3, -0.25) is 9.59 Å². The molecule has 0 N–H and O–H groups in total. The van der Waals surface area contributed by atoms with Crippen LogP contribution in [0.15, 0.2) is 84.3 Å². The fraction of sp³-hybridized carbons (Fsp3) is 0.0435. The molecule has 138 valence electrons. The summed E-state index contributed by atoms with van der Waals surface area (Å²) in [5.74, 6) is 0.314. The fourth-order valence-electron chi connectivity index (χ4n) is 3.10. The predicted molar refractivity (Wildman–Crippen MR) is 115 cm³/mol. The lowest BCUT2D eigenvalue weighted by Crippen LogP contribution is -2.27. The van der Waals surface area contributed by atoms with E-state index in [0.29, 0.717) is 22.9 Å². The first-order chi connectivity index (χ1) is 13.7. The zero-order valence-electron chi connectivity index (χ0n) is 15.0. The van der Waals surface area contributed by atoms with E-state index in [1.165, 1.54) is 4.90 Å². The summed E-state index contributed by atoms with van der Waals surface area (Å²) in [6.07, 6.45) is 3.41. The van der Waals surface area contributed by atoms with E-state index in [2.05, 4.69) is 6.58 Å². The minimum absolute atomic E-state index is 0.309. The average molecular weight is 387 g/mol. The van der Waals surface area contributed by atoms with Crippen molar-refractivity contribution in [2.75, 3.05) is 11.5 Å². The van der Waals surface area contributed by atoms with Gasteiger partial charge in [-0.2, -0.15) is 0 Å². The summed E-state index contributed by atoms with van der Waals surface area (Å²) in [4.78, 5) is 27.0. The molecular formula is C23H17NO3S. The van der Waals surface area contributed by atoms with Gasteiger partial charge in [-0.05, 0) is 46.8 Å².